The van der Waals surface area contributed by atoms with Crippen molar-refractivity contribution in [2.75, 3.05) is 7.11 Å². The lowest BCUT2D eigenvalue weighted by molar-refractivity contribution is -0.170. The number of rotatable bonds is 1. The van der Waals surface area contributed by atoms with Crippen molar-refractivity contribution in [2.24, 2.45) is 17.3 Å². The highest BCUT2D eigenvalue weighted by atomic mass is 16.5. The summed E-state index contributed by atoms with van der Waals surface area (Å²) < 4.78 is 5.57. The van der Waals surface area contributed by atoms with Crippen molar-refractivity contribution in [1.82, 2.24) is 0 Å². The standard InChI is InChI=1S/C11H20O/c1-10(2)8-5-9(10)7-11(3,6-8)12-4/h8-9H,5-7H2,1-4H3/t8-,9+,11+. The van der Waals surface area contributed by atoms with Gasteiger partial charge < -0.3 is 4.74 Å². The average Bonchev–Trinajstić information content (AvgIpc) is 2.04. The fourth-order valence-electron chi connectivity index (χ4n) is 3.11. The molecular formula is C11H20O. The predicted molar refractivity (Wildman–Crippen MR) is 50.0 cm³/mol. The van der Waals surface area contributed by atoms with Crippen molar-refractivity contribution >= 4 is 0 Å². The van der Waals surface area contributed by atoms with E-state index in [1.807, 2.05) is 7.11 Å². The predicted octanol–water partition coefficient (Wildman–Crippen LogP) is 2.85. The summed E-state index contributed by atoms with van der Waals surface area (Å²) in [6.45, 7) is 7.10. The molecule has 70 valence electrons. The number of hydrogen-bond acceptors (Lipinski definition) is 1. The van der Waals surface area contributed by atoms with Gasteiger partial charge in [0.2, 0.25) is 0 Å². The fraction of sp³-hybridized carbons (Fsp3) is 1.00. The normalized spacial score (nSPS) is 50.0. The second-order valence-electron chi connectivity index (χ2n) is 5.51. The van der Waals surface area contributed by atoms with E-state index in [0.29, 0.717) is 5.41 Å². The minimum atomic E-state index is 0.198. The number of fused-ring (bicyclic) bond motifs is 2. The first-order valence-corrected chi connectivity index (χ1v) is 5.03. The van der Waals surface area contributed by atoms with E-state index in [1.54, 1.807) is 0 Å². The SMILES string of the molecule is CO[C@@]1(C)C[C@H]2C[C@@H](C1)C2(C)C. The molecule has 3 fully saturated rings. The number of ether oxygens (including phenoxy) is 1. The molecule has 3 atom stereocenters. The van der Waals surface area contributed by atoms with Gasteiger partial charge in [-0.25, -0.2) is 0 Å². The summed E-state index contributed by atoms with van der Waals surface area (Å²) in [5.74, 6) is 1.84. The van der Waals surface area contributed by atoms with E-state index >= 15 is 0 Å². The van der Waals surface area contributed by atoms with E-state index in [4.69, 9.17) is 4.74 Å². The minimum absolute atomic E-state index is 0.198. The van der Waals surface area contributed by atoms with Crippen LogP contribution >= 0.6 is 0 Å². The molecule has 0 amide bonds. The number of methoxy groups -OCH3 is 1. The molecule has 3 aliphatic carbocycles. The maximum atomic E-state index is 5.57. The maximum absolute atomic E-state index is 5.57. The van der Waals surface area contributed by atoms with Gasteiger partial charge in [-0.15, -0.1) is 0 Å². The molecular weight excluding hydrogens is 148 g/mol. The van der Waals surface area contributed by atoms with Crippen LogP contribution in [0.1, 0.15) is 40.0 Å². The highest BCUT2D eigenvalue weighted by Gasteiger charge is 2.56. The molecule has 0 aromatic rings. The van der Waals surface area contributed by atoms with Gasteiger partial charge in [-0.1, -0.05) is 13.8 Å². The summed E-state index contributed by atoms with van der Waals surface area (Å²) >= 11 is 0. The summed E-state index contributed by atoms with van der Waals surface area (Å²) in [7, 11) is 1.86. The quantitative estimate of drug-likeness (QED) is 0.585. The molecule has 0 saturated heterocycles. The summed E-state index contributed by atoms with van der Waals surface area (Å²) in [6, 6.07) is 0. The van der Waals surface area contributed by atoms with Crippen molar-refractivity contribution in [3.63, 3.8) is 0 Å². The lowest BCUT2D eigenvalue weighted by Crippen LogP contribution is -2.56. The monoisotopic (exact) mass is 168 g/mol. The van der Waals surface area contributed by atoms with E-state index < -0.39 is 0 Å². The van der Waals surface area contributed by atoms with Gasteiger partial charge in [-0.3, -0.25) is 0 Å². The first kappa shape index (κ1) is 8.55. The summed E-state index contributed by atoms with van der Waals surface area (Å²) in [4.78, 5) is 0. The van der Waals surface area contributed by atoms with Gasteiger partial charge in [0.05, 0.1) is 5.60 Å². The molecule has 0 heterocycles. The second-order valence-corrected chi connectivity index (χ2v) is 5.51. The van der Waals surface area contributed by atoms with Gasteiger partial charge in [0, 0.05) is 7.11 Å². The van der Waals surface area contributed by atoms with E-state index in [1.165, 1.54) is 19.3 Å². The third-order valence-electron chi connectivity index (χ3n) is 4.52. The molecule has 1 nitrogen and oxygen atoms in total. The zero-order chi connectivity index (χ0) is 8.98. The van der Waals surface area contributed by atoms with Crippen LogP contribution in [-0.4, -0.2) is 12.7 Å². The van der Waals surface area contributed by atoms with Crippen LogP contribution in [0, 0.1) is 17.3 Å². The van der Waals surface area contributed by atoms with Crippen LogP contribution in [0.4, 0.5) is 0 Å². The van der Waals surface area contributed by atoms with Crippen LogP contribution in [0.15, 0.2) is 0 Å². The van der Waals surface area contributed by atoms with Crippen LogP contribution in [0.2, 0.25) is 0 Å². The van der Waals surface area contributed by atoms with Gasteiger partial charge in [-0.05, 0) is 43.4 Å². The van der Waals surface area contributed by atoms with Crippen molar-refractivity contribution < 1.29 is 4.74 Å². The van der Waals surface area contributed by atoms with E-state index in [-0.39, 0.29) is 5.60 Å². The van der Waals surface area contributed by atoms with Gasteiger partial charge in [-0.2, -0.15) is 0 Å². The molecule has 2 bridgehead atoms. The van der Waals surface area contributed by atoms with Crippen LogP contribution < -0.4 is 0 Å². The largest absolute Gasteiger partial charge is 0.379 e. The smallest absolute Gasteiger partial charge is 0.0656 e. The van der Waals surface area contributed by atoms with Crippen molar-refractivity contribution in [3.8, 4) is 0 Å². The Hall–Kier alpha value is -0.0400. The van der Waals surface area contributed by atoms with E-state index in [9.17, 15) is 0 Å². The summed E-state index contributed by atoms with van der Waals surface area (Å²) in [6.07, 6.45) is 3.99. The highest BCUT2D eigenvalue weighted by Crippen LogP contribution is 2.62. The first-order valence-electron chi connectivity index (χ1n) is 5.03. The minimum Gasteiger partial charge on any atom is -0.379 e. The van der Waals surface area contributed by atoms with Crippen molar-refractivity contribution in [2.45, 2.75) is 45.6 Å². The molecule has 1 heteroatoms. The molecule has 0 N–H and O–H groups in total. The van der Waals surface area contributed by atoms with Crippen LogP contribution in [-0.2, 0) is 4.74 Å². The van der Waals surface area contributed by atoms with E-state index in [2.05, 4.69) is 20.8 Å². The van der Waals surface area contributed by atoms with Crippen LogP contribution in [0.25, 0.3) is 0 Å². The van der Waals surface area contributed by atoms with E-state index in [0.717, 1.165) is 11.8 Å². The number of hydrogen-bond donors (Lipinski definition) is 0. The molecule has 0 aromatic heterocycles. The lowest BCUT2D eigenvalue weighted by Gasteiger charge is -2.61. The Bertz CT molecular complexity index is 181. The lowest BCUT2D eigenvalue weighted by atomic mass is 9.46. The second kappa shape index (κ2) is 2.25. The molecule has 0 aliphatic heterocycles. The molecule has 0 spiro atoms. The Labute approximate surface area is 75.5 Å². The molecule has 0 radical (unpaired) electrons. The van der Waals surface area contributed by atoms with Gasteiger partial charge in [0.25, 0.3) is 0 Å². The topological polar surface area (TPSA) is 9.23 Å². The Morgan fingerprint density at radius 1 is 1.08 bits per heavy atom. The Morgan fingerprint density at radius 2 is 1.58 bits per heavy atom. The highest BCUT2D eigenvalue weighted by molar-refractivity contribution is 5.06. The van der Waals surface area contributed by atoms with Crippen LogP contribution in [0.3, 0.4) is 0 Å². The van der Waals surface area contributed by atoms with Crippen molar-refractivity contribution in [3.05, 3.63) is 0 Å². The Kier molecular flexibility index (Phi) is 1.61. The zero-order valence-electron chi connectivity index (χ0n) is 8.68. The van der Waals surface area contributed by atoms with Gasteiger partial charge in [0.1, 0.15) is 0 Å². The molecule has 3 aliphatic rings. The third kappa shape index (κ3) is 0.953. The molecule has 0 unspecified atom stereocenters. The summed E-state index contributed by atoms with van der Waals surface area (Å²) in [5, 5.41) is 0. The maximum Gasteiger partial charge on any atom is 0.0656 e. The third-order valence-corrected chi connectivity index (χ3v) is 4.52. The molecule has 0 aromatic carbocycles. The Morgan fingerprint density at radius 3 is 1.92 bits per heavy atom. The molecule has 12 heavy (non-hydrogen) atoms. The average molecular weight is 168 g/mol. The zero-order valence-corrected chi connectivity index (χ0v) is 8.68. The summed E-state index contributed by atoms with van der Waals surface area (Å²) in [5.41, 5.74) is 0.807. The molecule has 3 saturated carbocycles. The first-order chi connectivity index (χ1) is 5.48. The Balaban J connectivity index is 2.10. The van der Waals surface area contributed by atoms with Crippen molar-refractivity contribution in [1.29, 1.82) is 0 Å². The van der Waals surface area contributed by atoms with Crippen LogP contribution in [0.5, 0.6) is 0 Å². The van der Waals surface area contributed by atoms with Gasteiger partial charge in [0.15, 0.2) is 0 Å². The fourth-order valence-corrected chi connectivity index (χ4v) is 3.11. The molecule has 3 rings (SSSR count). The van der Waals surface area contributed by atoms with Gasteiger partial charge >= 0.3 is 0 Å².